The Bertz CT molecular complexity index is 690. The lowest BCUT2D eigenvalue weighted by Crippen LogP contribution is -2.50. The van der Waals surface area contributed by atoms with E-state index in [9.17, 15) is 24.5 Å². The van der Waals surface area contributed by atoms with Gasteiger partial charge in [-0.15, -0.1) is 0 Å². The Hall–Kier alpha value is -2.97. The number of aldehydes is 1. The molecule has 0 fully saturated rings. The van der Waals surface area contributed by atoms with Crippen LogP contribution >= 0.6 is 0 Å². The smallest absolute Gasteiger partial charge is 0.408 e. The van der Waals surface area contributed by atoms with E-state index >= 15 is 0 Å². The van der Waals surface area contributed by atoms with Gasteiger partial charge in [-0.05, 0) is 36.5 Å². The van der Waals surface area contributed by atoms with Gasteiger partial charge in [0.15, 0.2) is 0 Å². The van der Waals surface area contributed by atoms with E-state index in [4.69, 9.17) is 4.74 Å². The molecule has 29 heavy (non-hydrogen) atoms. The third-order valence-corrected chi connectivity index (χ3v) is 4.19. The molecular formula is C20H29N3O6. The van der Waals surface area contributed by atoms with E-state index in [1.165, 1.54) is 24.3 Å². The van der Waals surface area contributed by atoms with Gasteiger partial charge >= 0.3 is 6.09 Å². The average Bonchev–Trinajstić information content (AvgIpc) is 2.68. The van der Waals surface area contributed by atoms with Crippen LogP contribution in [0.2, 0.25) is 0 Å². The predicted octanol–water partition coefficient (Wildman–Crippen LogP) is 3.11. The average molecular weight is 407 g/mol. The van der Waals surface area contributed by atoms with Crippen molar-refractivity contribution in [2.24, 2.45) is 5.92 Å². The summed E-state index contributed by atoms with van der Waals surface area (Å²) in [6.07, 6.45) is 2.57. The van der Waals surface area contributed by atoms with Crippen molar-refractivity contribution >= 4 is 24.0 Å². The minimum atomic E-state index is -0.830. The molecule has 1 aromatic rings. The van der Waals surface area contributed by atoms with Gasteiger partial charge < -0.3 is 20.2 Å². The highest BCUT2D eigenvalue weighted by Crippen LogP contribution is 2.13. The summed E-state index contributed by atoms with van der Waals surface area (Å²) in [4.78, 5) is 46.0. The first kappa shape index (κ1) is 24.1. The first-order valence-corrected chi connectivity index (χ1v) is 9.69. The number of carbonyl (C=O) groups excluding carboxylic acids is 3. The Balaban J connectivity index is 2.63. The van der Waals surface area contributed by atoms with E-state index in [1.54, 1.807) is 0 Å². The molecule has 1 rings (SSSR count). The molecule has 0 aliphatic heterocycles. The van der Waals surface area contributed by atoms with Crippen LogP contribution in [-0.4, -0.2) is 35.3 Å². The number of alkyl carbamates (subject to hydrolysis) is 1. The van der Waals surface area contributed by atoms with Crippen LogP contribution in [0, 0.1) is 16.0 Å². The van der Waals surface area contributed by atoms with Crippen LogP contribution in [0.4, 0.5) is 10.5 Å². The van der Waals surface area contributed by atoms with E-state index in [0.717, 1.165) is 12.8 Å². The highest BCUT2D eigenvalue weighted by atomic mass is 16.6. The zero-order valence-corrected chi connectivity index (χ0v) is 17.1. The van der Waals surface area contributed by atoms with Crippen molar-refractivity contribution in [3.8, 4) is 0 Å². The number of hydrogen-bond donors (Lipinski definition) is 2. The summed E-state index contributed by atoms with van der Waals surface area (Å²) < 4.78 is 5.12. The van der Waals surface area contributed by atoms with Crippen LogP contribution in [0.3, 0.4) is 0 Å². The van der Waals surface area contributed by atoms with Gasteiger partial charge in [0.25, 0.3) is 5.69 Å². The fourth-order valence-electron chi connectivity index (χ4n) is 2.63. The minimum absolute atomic E-state index is 0.0559. The normalized spacial score (nSPS) is 12.7. The van der Waals surface area contributed by atoms with Gasteiger partial charge in [0.2, 0.25) is 5.91 Å². The van der Waals surface area contributed by atoms with E-state index in [0.29, 0.717) is 24.7 Å². The van der Waals surface area contributed by atoms with Crippen LogP contribution in [0.5, 0.6) is 0 Å². The van der Waals surface area contributed by atoms with Crippen molar-refractivity contribution in [2.75, 3.05) is 0 Å². The van der Waals surface area contributed by atoms with E-state index < -0.39 is 29.0 Å². The van der Waals surface area contributed by atoms with Crippen molar-refractivity contribution in [3.63, 3.8) is 0 Å². The molecule has 0 saturated heterocycles. The number of nitrogens with one attached hydrogen (secondary N) is 2. The molecule has 0 spiro atoms. The fourth-order valence-corrected chi connectivity index (χ4v) is 2.63. The lowest BCUT2D eigenvalue weighted by molar-refractivity contribution is -0.384. The Morgan fingerprint density at radius 3 is 2.38 bits per heavy atom. The van der Waals surface area contributed by atoms with E-state index in [-0.39, 0.29) is 18.2 Å². The molecule has 2 N–H and O–H groups in total. The zero-order valence-electron chi connectivity index (χ0n) is 17.1. The number of nitrogens with zero attached hydrogens (tertiary/aromatic N) is 1. The summed E-state index contributed by atoms with van der Waals surface area (Å²) in [5, 5.41) is 15.9. The first-order valence-electron chi connectivity index (χ1n) is 9.69. The van der Waals surface area contributed by atoms with Gasteiger partial charge in [-0.2, -0.15) is 0 Å². The third kappa shape index (κ3) is 9.18. The van der Waals surface area contributed by atoms with Gasteiger partial charge in [0.1, 0.15) is 18.9 Å². The number of unbranched alkanes of at least 4 members (excludes halogenated alkanes) is 1. The number of nitro benzene ring substituents is 1. The second kappa shape index (κ2) is 12.5. The third-order valence-electron chi connectivity index (χ3n) is 4.19. The maximum atomic E-state index is 12.5. The summed E-state index contributed by atoms with van der Waals surface area (Å²) in [6.45, 7) is 5.73. The number of hydrogen-bond acceptors (Lipinski definition) is 6. The number of non-ortho nitro benzene ring substituents is 1. The molecule has 2 atom stereocenters. The van der Waals surface area contributed by atoms with E-state index in [2.05, 4.69) is 10.6 Å². The molecule has 0 saturated carbocycles. The summed E-state index contributed by atoms with van der Waals surface area (Å²) in [6, 6.07) is 4.21. The Labute approximate surface area is 170 Å². The number of rotatable bonds is 12. The monoisotopic (exact) mass is 407 g/mol. The molecule has 0 aliphatic carbocycles. The van der Waals surface area contributed by atoms with Crippen LogP contribution in [-0.2, 0) is 20.9 Å². The van der Waals surface area contributed by atoms with Crippen LogP contribution in [0.25, 0.3) is 0 Å². The van der Waals surface area contributed by atoms with Gasteiger partial charge in [0, 0.05) is 12.1 Å². The molecule has 2 amide bonds. The van der Waals surface area contributed by atoms with Gasteiger partial charge in [-0.1, -0.05) is 33.6 Å². The highest BCUT2D eigenvalue weighted by Gasteiger charge is 2.24. The predicted molar refractivity (Wildman–Crippen MR) is 107 cm³/mol. The second-order valence-corrected chi connectivity index (χ2v) is 7.22. The lowest BCUT2D eigenvalue weighted by atomic mass is 10.0. The lowest BCUT2D eigenvalue weighted by Gasteiger charge is -2.22. The number of ether oxygens (including phenoxy) is 1. The number of amides is 2. The standard InChI is InChI=1S/C20H29N3O6/c1-4-5-6-16(12-24)21-19(25)18(11-14(2)3)22-20(26)29-13-15-7-9-17(10-8-15)23(27)28/h7-10,12,14,16,18H,4-6,11,13H2,1-3H3,(H,21,25)(H,22,26)/t16-,18-/m0/s1. The van der Waals surface area contributed by atoms with Crippen molar-refractivity contribution in [2.45, 2.75) is 65.1 Å². The zero-order chi connectivity index (χ0) is 21.8. The molecule has 0 heterocycles. The minimum Gasteiger partial charge on any atom is -0.445 e. The Kier molecular flexibility index (Phi) is 10.4. The Morgan fingerprint density at radius 1 is 1.21 bits per heavy atom. The molecule has 1 aromatic carbocycles. The summed E-state index contributed by atoms with van der Waals surface area (Å²) in [7, 11) is 0. The Morgan fingerprint density at radius 2 is 1.86 bits per heavy atom. The van der Waals surface area contributed by atoms with Crippen LogP contribution < -0.4 is 10.6 Å². The molecule has 0 aromatic heterocycles. The number of nitro groups is 1. The molecular weight excluding hydrogens is 378 g/mol. The molecule has 9 heteroatoms. The molecule has 0 unspecified atom stereocenters. The van der Waals surface area contributed by atoms with Crippen molar-refractivity contribution < 1.29 is 24.0 Å². The number of carbonyl (C=O) groups is 3. The second-order valence-electron chi connectivity index (χ2n) is 7.22. The maximum absolute atomic E-state index is 12.5. The largest absolute Gasteiger partial charge is 0.445 e. The molecule has 0 radical (unpaired) electrons. The van der Waals surface area contributed by atoms with Crippen molar-refractivity contribution in [1.29, 1.82) is 0 Å². The maximum Gasteiger partial charge on any atom is 0.408 e. The van der Waals surface area contributed by atoms with Gasteiger partial charge in [-0.25, -0.2) is 4.79 Å². The van der Waals surface area contributed by atoms with Crippen molar-refractivity contribution in [3.05, 3.63) is 39.9 Å². The van der Waals surface area contributed by atoms with Gasteiger partial charge in [0.05, 0.1) is 11.0 Å². The number of benzene rings is 1. The van der Waals surface area contributed by atoms with Crippen LogP contribution in [0.1, 0.15) is 52.0 Å². The highest BCUT2D eigenvalue weighted by molar-refractivity contribution is 5.87. The fraction of sp³-hybridized carbons (Fsp3) is 0.550. The molecule has 0 aliphatic rings. The topological polar surface area (TPSA) is 128 Å². The van der Waals surface area contributed by atoms with Crippen molar-refractivity contribution in [1.82, 2.24) is 10.6 Å². The molecule has 0 bridgehead atoms. The van der Waals surface area contributed by atoms with Crippen LogP contribution in [0.15, 0.2) is 24.3 Å². The summed E-state index contributed by atoms with van der Waals surface area (Å²) in [5.41, 5.74) is 0.524. The van der Waals surface area contributed by atoms with E-state index in [1.807, 2.05) is 20.8 Å². The summed E-state index contributed by atoms with van der Waals surface area (Å²) >= 11 is 0. The molecule has 160 valence electrons. The molecule has 9 nitrogen and oxygen atoms in total. The van der Waals surface area contributed by atoms with Gasteiger partial charge in [-0.3, -0.25) is 14.9 Å². The SMILES string of the molecule is CCCC[C@@H](C=O)NC(=O)[C@H](CC(C)C)NC(=O)OCc1ccc([N+](=O)[O-])cc1. The quantitative estimate of drug-likeness (QED) is 0.311. The summed E-state index contributed by atoms with van der Waals surface area (Å²) in [5.74, 6) is -0.301. The first-order chi connectivity index (χ1) is 13.8.